The molecule has 0 saturated carbocycles. The molecule has 0 aliphatic heterocycles. The summed E-state index contributed by atoms with van der Waals surface area (Å²) in [6, 6.07) is 0. The molecule has 0 N–H and O–H groups in total. The molecule has 0 aromatic rings. The summed E-state index contributed by atoms with van der Waals surface area (Å²) in [5, 5.41) is 0. The van der Waals surface area contributed by atoms with Crippen molar-refractivity contribution < 1.29 is 13.0 Å². The van der Waals surface area contributed by atoms with Gasteiger partial charge in [0.2, 0.25) is 0 Å². The lowest BCUT2D eigenvalue weighted by Crippen LogP contribution is -2.28. The zero-order valence-corrected chi connectivity index (χ0v) is 13.5. The molecule has 0 fully saturated rings. The third-order valence-electron chi connectivity index (χ3n) is 0.766. The smallest absolute Gasteiger partial charge is 0.344 e. The van der Waals surface area contributed by atoms with Crippen molar-refractivity contribution in [3.63, 3.8) is 0 Å². The fourth-order valence-electron chi connectivity index (χ4n) is 0.673. The molecule has 80 valence electrons. The third kappa shape index (κ3) is 9.37. The van der Waals surface area contributed by atoms with Gasteiger partial charge in [0.05, 0.1) is 0 Å². The summed E-state index contributed by atoms with van der Waals surface area (Å²) in [6.07, 6.45) is -3.00. The van der Waals surface area contributed by atoms with Crippen LogP contribution in [0.5, 0.6) is 0 Å². The van der Waals surface area contributed by atoms with E-state index in [4.69, 9.17) is 8.43 Å². The maximum absolute atomic E-state index is 11.8. The summed E-state index contributed by atoms with van der Waals surface area (Å²) in [5.74, 6) is 0. The number of hydrogen-bond donors (Lipinski definition) is 0. The van der Waals surface area contributed by atoms with Gasteiger partial charge in [-0.3, -0.25) is 0 Å². The van der Waals surface area contributed by atoms with Crippen LogP contribution in [0.15, 0.2) is 0 Å². The van der Waals surface area contributed by atoms with Crippen molar-refractivity contribution in [2.45, 2.75) is 39.3 Å². The van der Waals surface area contributed by atoms with Crippen LogP contribution in [0, 0.1) is 0 Å². The van der Waals surface area contributed by atoms with E-state index in [0.29, 0.717) is 0 Å². The molecule has 0 aliphatic carbocycles. The van der Waals surface area contributed by atoms with Crippen LogP contribution in [0.4, 0.5) is 0 Å². The SMILES string of the molecule is C[Si](C)(C)OP(=O)(Br)O[Si](C)(C)C. The van der Waals surface area contributed by atoms with Crippen LogP contribution in [0.25, 0.3) is 0 Å². The van der Waals surface area contributed by atoms with Gasteiger partial charge in [0.25, 0.3) is 0 Å². The Morgan fingerprint density at radius 1 is 0.923 bits per heavy atom. The largest absolute Gasteiger partial charge is 0.376 e. The first kappa shape index (κ1) is 14.1. The first-order valence-electron chi connectivity index (χ1n) is 4.13. The Kier molecular flexibility index (Phi) is 4.64. The molecule has 3 nitrogen and oxygen atoms in total. The van der Waals surface area contributed by atoms with Crippen LogP contribution < -0.4 is 0 Å². The monoisotopic (exact) mass is 304 g/mol. The lowest BCUT2D eigenvalue weighted by atomic mass is 11.8. The topological polar surface area (TPSA) is 35.5 Å². The Hall–Kier alpha value is 1.06. The minimum atomic E-state index is -3.00. The molecule has 0 aliphatic rings. The van der Waals surface area contributed by atoms with Crippen LogP contribution in [0.2, 0.25) is 39.3 Å². The Balaban J connectivity index is 4.35. The van der Waals surface area contributed by atoms with Crippen molar-refractivity contribution in [1.82, 2.24) is 0 Å². The summed E-state index contributed by atoms with van der Waals surface area (Å²) < 4.78 is 22.6. The fourth-order valence-corrected chi connectivity index (χ4v) is 14.2. The normalized spacial score (nSPS) is 14.7. The van der Waals surface area contributed by atoms with Gasteiger partial charge >= 0.3 is 6.30 Å². The molecule has 0 atom stereocenters. The van der Waals surface area contributed by atoms with Gasteiger partial charge in [-0.25, -0.2) is 4.57 Å². The molecule has 0 saturated heterocycles. The molecule has 0 aromatic heterocycles. The Morgan fingerprint density at radius 2 is 1.15 bits per heavy atom. The maximum Gasteiger partial charge on any atom is 0.376 e. The van der Waals surface area contributed by atoms with Crippen LogP contribution >= 0.6 is 21.8 Å². The molecule has 0 unspecified atom stereocenters. The van der Waals surface area contributed by atoms with Gasteiger partial charge in [0.1, 0.15) is 0 Å². The number of rotatable bonds is 4. The van der Waals surface area contributed by atoms with Gasteiger partial charge in [0, 0.05) is 15.5 Å². The molecule has 0 heterocycles. The Bertz CT molecular complexity index is 201. The zero-order chi connectivity index (χ0) is 10.9. The van der Waals surface area contributed by atoms with Crippen molar-refractivity contribution in [1.29, 1.82) is 0 Å². The van der Waals surface area contributed by atoms with Crippen molar-refractivity contribution in [3.8, 4) is 0 Å². The Morgan fingerprint density at radius 3 is 1.31 bits per heavy atom. The molecule has 0 spiro atoms. The van der Waals surface area contributed by atoms with E-state index in [1.807, 2.05) is 39.3 Å². The van der Waals surface area contributed by atoms with E-state index in [0.717, 1.165) is 0 Å². The second-order valence-corrected chi connectivity index (χ2v) is 18.2. The summed E-state index contributed by atoms with van der Waals surface area (Å²) in [6.45, 7) is 11.9. The summed E-state index contributed by atoms with van der Waals surface area (Å²) in [7, 11) is -3.61. The van der Waals surface area contributed by atoms with Crippen molar-refractivity contribution in [3.05, 3.63) is 0 Å². The van der Waals surface area contributed by atoms with Crippen LogP contribution in [0.3, 0.4) is 0 Å². The van der Waals surface area contributed by atoms with E-state index in [-0.39, 0.29) is 0 Å². The van der Waals surface area contributed by atoms with E-state index >= 15 is 0 Å². The summed E-state index contributed by atoms with van der Waals surface area (Å²) >= 11 is 3.03. The first-order valence-corrected chi connectivity index (χ1v) is 14.5. The quantitative estimate of drug-likeness (QED) is 0.577. The molecule has 0 radical (unpaired) electrons. The van der Waals surface area contributed by atoms with Gasteiger partial charge in [-0.1, -0.05) is 0 Å². The minimum absolute atomic E-state index is 1.81. The molecular formula is C6H18BrO3PSi2. The van der Waals surface area contributed by atoms with Crippen LogP contribution in [-0.4, -0.2) is 16.6 Å². The molecule has 7 heteroatoms. The van der Waals surface area contributed by atoms with E-state index in [1.165, 1.54) is 0 Å². The molecule has 0 amide bonds. The predicted octanol–water partition coefficient (Wildman–Crippen LogP) is 4.19. The standard InChI is InChI=1S/C6H18BrO3PSi2/c1-12(2,3)9-11(7,8)10-13(4,5)6/h1-6H3. The molecular weight excluding hydrogens is 287 g/mol. The average molecular weight is 305 g/mol. The van der Waals surface area contributed by atoms with Gasteiger partial charge in [-0.15, -0.1) is 0 Å². The van der Waals surface area contributed by atoms with Crippen molar-refractivity contribution in [2.24, 2.45) is 0 Å². The summed E-state index contributed by atoms with van der Waals surface area (Å²) in [5.41, 5.74) is 0. The maximum atomic E-state index is 11.8. The van der Waals surface area contributed by atoms with Gasteiger partial charge in [-0.2, -0.15) is 0 Å². The number of halogens is 1. The lowest BCUT2D eigenvalue weighted by Gasteiger charge is -2.26. The highest BCUT2D eigenvalue weighted by Crippen LogP contribution is 2.59. The molecule has 0 aromatic carbocycles. The van der Waals surface area contributed by atoms with E-state index in [1.54, 1.807) is 0 Å². The van der Waals surface area contributed by atoms with Gasteiger partial charge in [-0.05, 0) is 39.3 Å². The Labute approximate surface area is 90.7 Å². The predicted molar refractivity (Wildman–Crippen MR) is 65.4 cm³/mol. The van der Waals surface area contributed by atoms with Crippen LogP contribution in [-0.2, 0) is 13.0 Å². The molecule has 0 bridgehead atoms. The molecule has 0 rings (SSSR count). The molecule has 13 heavy (non-hydrogen) atoms. The average Bonchev–Trinajstić information content (AvgIpc) is 1.43. The lowest BCUT2D eigenvalue weighted by molar-refractivity contribution is 0.407. The van der Waals surface area contributed by atoms with Crippen LogP contribution in [0.1, 0.15) is 0 Å². The van der Waals surface area contributed by atoms with Gasteiger partial charge < -0.3 is 8.43 Å². The zero-order valence-electron chi connectivity index (χ0n) is 9.05. The van der Waals surface area contributed by atoms with E-state index < -0.39 is 22.9 Å². The van der Waals surface area contributed by atoms with E-state index in [9.17, 15) is 4.57 Å². The third-order valence-corrected chi connectivity index (χ3v) is 9.50. The highest BCUT2D eigenvalue weighted by Gasteiger charge is 2.33. The number of hydrogen-bond acceptors (Lipinski definition) is 3. The first-order chi connectivity index (χ1) is 5.41. The van der Waals surface area contributed by atoms with E-state index in [2.05, 4.69) is 15.5 Å². The fraction of sp³-hybridized carbons (Fsp3) is 1.00. The highest BCUT2D eigenvalue weighted by molar-refractivity contribution is 9.39. The second-order valence-electron chi connectivity index (χ2n) is 4.84. The highest BCUT2D eigenvalue weighted by atomic mass is 79.9. The van der Waals surface area contributed by atoms with Crippen molar-refractivity contribution >= 4 is 38.4 Å². The summed E-state index contributed by atoms with van der Waals surface area (Å²) in [4.78, 5) is 0. The van der Waals surface area contributed by atoms with Gasteiger partial charge in [0.15, 0.2) is 16.6 Å². The second kappa shape index (κ2) is 4.29. The minimum Gasteiger partial charge on any atom is -0.344 e. The van der Waals surface area contributed by atoms with Crippen molar-refractivity contribution in [2.75, 3.05) is 0 Å².